The third-order valence-electron chi connectivity index (χ3n) is 2.51. The van der Waals surface area contributed by atoms with Gasteiger partial charge in [0.15, 0.2) is 0 Å². The van der Waals surface area contributed by atoms with Crippen molar-refractivity contribution in [3.8, 4) is 11.8 Å². The van der Waals surface area contributed by atoms with Crippen molar-refractivity contribution in [1.82, 2.24) is 4.57 Å². The van der Waals surface area contributed by atoms with Gasteiger partial charge in [-0.2, -0.15) is 5.26 Å². The molecule has 18 heavy (non-hydrogen) atoms. The van der Waals surface area contributed by atoms with Crippen LogP contribution in [0, 0.1) is 11.3 Å². The normalized spacial score (nSPS) is 9.83. The number of ether oxygens (including phenoxy) is 1. The van der Waals surface area contributed by atoms with E-state index in [1.54, 1.807) is 41.1 Å². The first-order chi connectivity index (χ1) is 8.69. The summed E-state index contributed by atoms with van der Waals surface area (Å²) in [5.74, 6) is -0.469. The van der Waals surface area contributed by atoms with Gasteiger partial charge in [-0.15, -0.1) is 0 Å². The Morgan fingerprint density at radius 3 is 2.83 bits per heavy atom. The standard InChI is InChI=1S/C13H9ClN2O2/c1-18-13(17)12-6-3-7-16(12)11-5-2-4-10(14)9(11)8-15/h2-7H,1H3. The van der Waals surface area contributed by atoms with E-state index in [9.17, 15) is 4.79 Å². The topological polar surface area (TPSA) is 55.0 Å². The number of hydrogen-bond acceptors (Lipinski definition) is 3. The molecule has 1 aromatic heterocycles. The number of nitrogens with zero attached hydrogens (tertiary/aromatic N) is 2. The summed E-state index contributed by atoms with van der Waals surface area (Å²) in [6.07, 6.45) is 1.68. The van der Waals surface area contributed by atoms with Crippen LogP contribution in [-0.2, 0) is 4.74 Å². The van der Waals surface area contributed by atoms with E-state index >= 15 is 0 Å². The minimum absolute atomic E-state index is 0.320. The maximum absolute atomic E-state index is 11.6. The zero-order valence-electron chi connectivity index (χ0n) is 9.55. The minimum Gasteiger partial charge on any atom is -0.464 e. The highest BCUT2D eigenvalue weighted by atomic mass is 35.5. The molecule has 4 nitrogen and oxygen atoms in total. The fourth-order valence-corrected chi connectivity index (χ4v) is 1.90. The van der Waals surface area contributed by atoms with Gasteiger partial charge in [0, 0.05) is 6.20 Å². The molecule has 0 saturated carbocycles. The lowest BCUT2D eigenvalue weighted by Crippen LogP contribution is -2.09. The van der Waals surface area contributed by atoms with E-state index in [1.807, 2.05) is 6.07 Å². The molecule has 0 radical (unpaired) electrons. The predicted molar refractivity (Wildman–Crippen MR) is 66.8 cm³/mol. The van der Waals surface area contributed by atoms with Gasteiger partial charge in [-0.05, 0) is 24.3 Å². The van der Waals surface area contributed by atoms with Crippen molar-refractivity contribution in [2.45, 2.75) is 0 Å². The maximum Gasteiger partial charge on any atom is 0.355 e. The van der Waals surface area contributed by atoms with Crippen LogP contribution < -0.4 is 0 Å². The molecular weight excluding hydrogens is 252 g/mol. The first-order valence-corrected chi connectivity index (χ1v) is 5.51. The highest BCUT2D eigenvalue weighted by Crippen LogP contribution is 2.24. The van der Waals surface area contributed by atoms with Gasteiger partial charge >= 0.3 is 5.97 Å². The first-order valence-electron chi connectivity index (χ1n) is 5.13. The molecule has 0 aliphatic carbocycles. The van der Waals surface area contributed by atoms with Crippen molar-refractivity contribution >= 4 is 17.6 Å². The Morgan fingerprint density at radius 1 is 1.39 bits per heavy atom. The second-order valence-electron chi connectivity index (χ2n) is 3.50. The molecule has 0 unspecified atom stereocenters. The molecule has 5 heteroatoms. The molecule has 0 spiro atoms. The number of hydrogen-bond donors (Lipinski definition) is 0. The van der Waals surface area contributed by atoms with Gasteiger partial charge in [-0.1, -0.05) is 17.7 Å². The van der Waals surface area contributed by atoms with Gasteiger partial charge in [-0.3, -0.25) is 0 Å². The summed E-state index contributed by atoms with van der Waals surface area (Å²) in [4.78, 5) is 11.6. The van der Waals surface area contributed by atoms with Crippen molar-refractivity contribution in [1.29, 1.82) is 5.26 Å². The third kappa shape index (κ3) is 1.96. The number of carbonyl (C=O) groups excluding carboxylic acids is 1. The van der Waals surface area contributed by atoms with Crippen LogP contribution >= 0.6 is 11.6 Å². The number of aromatic nitrogens is 1. The Kier molecular flexibility index (Phi) is 3.35. The molecule has 0 fully saturated rings. The number of rotatable bonds is 2. The highest BCUT2D eigenvalue weighted by Gasteiger charge is 2.15. The van der Waals surface area contributed by atoms with Crippen molar-refractivity contribution < 1.29 is 9.53 Å². The van der Waals surface area contributed by atoms with E-state index in [1.165, 1.54) is 7.11 Å². The average molecular weight is 261 g/mol. The van der Waals surface area contributed by atoms with Gasteiger partial charge in [0.1, 0.15) is 11.8 Å². The van der Waals surface area contributed by atoms with Gasteiger partial charge in [0.05, 0.1) is 23.4 Å². The highest BCUT2D eigenvalue weighted by molar-refractivity contribution is 6.32. The van der Waals surface area contributed by atoms with Gasteiger partial charge < -0.3 is 9.30 Å². The van der Waals surface area contributed by atoms with Crippen LogP contribution in [0.25, 0.3) is 5.69 Å². The van der Waals surface area contributed by atoms with E-state index < -0.39 is 5.97 Å². The molecule has 1 heterocycles. The minimum atomic E-state index is -0.469. The Balaban J connectivity index is 2.64. The van der Waals surface area contributed by atoms with Crippen LogP contribution in [0.4, 0.5) is 0 Å². The predicted octanol–water partition coefficient (Wildman–Crippen LogP) is 2.79. The van der Waals surface area contributed by atoms with Crippen molar-refractivity contribution in [3.63, 3.8) is 0 Å². The van der Waals surface area contributed by atoms with Crippen molar-refractivity contribution in [3.05, 3.63) is 52.8 Å². The van der Waals surface area contributed by atoms with Gasteiger partial charge in [0.2, 0.25) is 0 Å². The second kappa shape index (κ2) is 4.94. The van der Waals surface area contributed by atoms with Crippen LogP contribution in [0.3, 0.4) is 0 Å². The summed E-state index contributed by atoms with van der Waals surface area (Å²) in [6, 6.07) is 10.4. The number of esters is 1. The fraction of sp³-hybridized carbons (Fsp3) is 0.0769. The second-order valence-corrected chi connectivity index (χ2v) is 3.91. The number of nitriles is 1. The number of benzene rings is 1. The molecule has 2 aromatic rings. The van der Waals surface area contributed by atoms with Gasteiger partial charge in [0.25, 0.3) is 0 Å². The lowest BCUT2D eigenvalue weighted by atomic mass is 10.2. The zero-order valence-corrected chi connectivity index (χ0v) is 10.3. The van der Waals surface area contributed by atoms with Crippen LogP contribution in [-0.4, -0.2) is 17.6 Å². The zero-order chi connectivity index (χ0) is 13.1. The first kappa shape index (κ1) is 12.2. The van der Waals surface area contributed by atoms with Crippen LogP contribution in [0.1, 0.15) is 16.1 Å². The lowest BCUT2D eigenvalue weighted by Gasteiger charge is -2.10. The Hall–Kier alpha value is -2.25. The van der Waals surface area contributed by atoms with E-state index in [-0.39, 0.29) is 0 Å². The Bertz CT molecular complexity index is 641. The van der Waals surface area contributed by atoms with Crippen LogP contribution in [0.2, 0.25) is 5.02 Å². The molecule has 0 aliphatic heterocycles. The molecule has 0 atom stereocenters. The van der Waals surface area contributed by atoms with Crippen LogP contribution in [0.5, 0.6) is 0 Å². The summed E-state index contributed by atoms with van der Waals surface area (Å²) in [5, 5.41) is 9.47. The molecule has 0 N–H and O–H groups in total. The summed E-state index contributed by atoms with van der Waals surface area (Å²) >= 11 is 5.96. The summed E-state index contributed by atoms with van der Waals surface area (Å²) < 4.78 is 6.26. The van der Waals surface area contributed by atoms with E-state index in [2.05, 4.69) is 4.74 Å². The maximum atomic E-state index is 11.6. The fourth-order valence-electron chi connectivity index (χ4n) is 1.69. The summed E-state index contributed by atoms with van der Waals surface area (Å²) in [6.45, 7) is 0. The molecular formula is C13H9ClN2O2. The van der Waals surface area contributed by atoms with Crippen LogP contribution in [0.15, 0.2) is 36.5 Å². The van der Waals surface area contributed by atoms with Gasteiger partial charge in [-0.25, -0.2) is 4.79 Å². The molecule has 0 bridgehead atoms. The lowest BCUT2D eigenvalue weighted by molar-refractivity contribution is 0.0591. The Morgan fingerprint density at radius 2 is 2.17 bits per heavy atom. The van der Waals surface area contributed by atoms with Crippen molar-refractivity contribution in [2.75, 3.05) is 7.11 Å². The molecule has 90 valence electrons. The summed E-state index contributed by atoms with van der Waals surface area (Å²) in [5.41, 5.74) is 1.21. The largest absolute Gasteiger partial charge is 0.464 e. The molecule has 2 rings (SSSR count). The van der Waals surface area contributed by atoms with Crippen molar-refractivity contribution in [2.24, 2.45) is 0 Å². The summed E-state index contributed by atoms with van der Waals surface area (Å²) in [7, 11) is 1.31. The number of methoxy groups -OCH3 is 1. The number of carbonyl (C=O) groups is 1. The number of halogens is 1. The smallest absolute Gasteiger partial charge is 0.355 e. The quantitative estimate of drug-likeness (QED) is 0.780. The third-order valence-corrected chi connectivity index (χ3v) is 2.82. The average Bonchev–Trinajstić information content (AvgIpc) is 2.86. The molecule has 0 aliphatic rings. The molecule has 1 aromatic carbocycles. The monoisotopic (exact) mass is 260 g/mol. The molecule has 0 saturated heterocycles. The van der Waals surface area contributed by atoms with E-state index in [0.29, 0.717) is 22.0 Å². The Labute approximate surface area is 109 Å². The van der Waals surface area contributed by atoms with E-state index in [0.717, 1.165) is 0 Å². The SMILES string of the molecule is COC(=O)c1cccn1-c1cccc(Cl)c1C#N. The van der Waals surface area contributed by atoms with E-state index in [4.69, 9.17) is 16.9 Å². The molecule has 0 amide bonds.